The molecule has 16 unspecified atom stereocenters. The van der Waals surface area contributed by atoms with Gasteiger partial charge in [-0.25, -0.2) is 0 Å². The number of rotatable bonds is 61. The van der Waals surface area contributed by atoms with E-state index in [1.807, 2.05) is 6.08 Å². The molecule has 0 saturated carbocycles. The Hall–Kier alpha value is -3.94. The van der Waals surface area contributed by atoms with Gasteiger partial charge in [0.05, 0.1) is 71.6 Å². The number of ether oxygens (including phenoxy) is 16. The van der Waals surface area contributed by atoms with E-state index in [2.05, 4.69) is 35.1 Å². The van der Waals surface area contributed by atoms with E-state index < -0.39 is 335 Å². The molecule has 0 aromatic rings. The minimum Gasteiger partial charge on any atom is -0.394 e. The number of hydrogen-bond acceptors (Lipinski definition) is 43. The zero-order valence-corrected chi connectivity index (χ0v) is 80.4. The zero-order valence-electron chi connectivity index (χ0n) is 80.4. The summed E-state index contributed by atoms with van der Waals surface area (Å²) in [5, 5.41) is 270. The van der Waals surface area contributed by atoms with E-state index in [0.29, 0.717) is 12.8 Å². The third-order valence-corrected chi connectivity index (χ3v) is 26.8. The zero-order chi connectivity index (χ0) is 102. The van der Waals surface area contributed by atoms with Gasteiger partial charge >= 0.3 is 0 Å². The van der Waals surface area contributed by atoms with Crippen molar-refractivity contribution in [3.05, 3.63) is 12.2 Å². The lowest BCUT2D eigenvalue weighted by Gasteiger charge is -2.51. The molecule has 0 aliphatic carbocycles. The monoisotopic (exact) mass is 2010 g/mol. The van der Waals surface area contributed by atoms with Crippen LogP contribution in [-0.2, 0) is 95.0 Å². The van der Waals surface area contributed by atoms with Crippen molar-refractivity contribution >= 4 is 23.6 Å². The standard InChI is InChI=1S/C92H164N4O43/c1-6-8-10-12-14-16-18-20-21-22-23-25-27-29-31-33-35-37-60(108)96-50(51(107)36-34-32-30-28-26-24-19-17-15-13-11-9-7-2)45-124-88-76(121)73(118)82(58(44-103)132-88)137-91-77(122)83(66(111)54(40-99)128-91)138-86-63(95-49(5)106)70(115)81(57(43-102)131-86)136-92-78(123)84(139-87-62(94-48(4)105)69(114)80(56(42-101)130-87)135-90-75(120)72(117)65(110)53(39-98)127-90)67(112)59(133-92)46-125-85-61(93-47(3)104)68(113)79(55(41-100)129-85)134-89-74(119)71(116)64(109)52(38-97)126-89/h34,36,50-59,61-92,97-103,107,109-123H,6-33,35,37-46H2,1-5H3,(H,93,104)(H,94,105)(H,95,106)(H,96,108)/b36-34+/t50-,51+,52?,53?,54?,55?,56?,57?,58?,59?,61?,62?,63?,64-,65-,66-,67-,68+,69+,70+,71-,72-,73+,74?,75?,76?,77?,78?,79+,80+,81+,82+,83-,84-,85+,86-,87-,88+,89-,90-,91-,92-/m0/s1. The fraction of sp³-hybridized carbons (Fsp3) is 0.935. The van der Waals surface area contributed by atoms with Crippen LogP contribution >= 0.6 is 0 Å². The fourth-order valence-electron chi connectivity index (χ4n) is 18.7. The number of allylic oxidation sites excluding steroid dienone is 1. The van der Waals surface area contributed by atoms with Crippen LogP contribution in [0.4, 0.5) is 0 Å². The smallest absolute Gasteiger partial charge is 0.220 e. The van der Waals surface area contributed by atoms with Crippen molar-refractivity contribution < 1.29 is 212 Å². The molecule has 0 spiro atoms. The highest BCUT2D eigenvalue weighted by Gasteiger charge is 2.60. The summed E-state index contributed by atoms with van der Waals surface area (Å²) in [6, 6.07) is -6.85. The Bertz CT molecular complexity index is 3440. The molecule has 810 valence electrons. The van der Waals surface area contributed by atoms with Crippen molar-refractivity contribution in [3.8, 4) is 0 Å². The highest BCUT2D eigenvalue weighted by molar-refractivity contribution is 5.76. The van der Waals surface area contributed by atoms with Crippen LogP contribution in [0.2, 0.25) is 0 Å². The molecule has 47 heteroatoms. The number of aliphatic hydroxyl groups is 23. The van der Waals surface area contributed by atoms with E-state index in [1.165, 1.54) is 116 Å². The summed E-state index contributed by atoms with van der Waals surface area (Å²) in [7, 11) is 0. The van der Waals surface area contributed by atoms with E-state index in [1.54, 1.807) is 6.08 Å². The van der Waals surface area contributed by atoms with Gasteiger partial charge in [0.15, 0.2) is 50.3 Å². The fourth-order valence-corrected chi connectivity index (χ4v) is 18.7. The minimum atomic E-state index is -2.47. The molecule has 8 rings (SSSR count). The van der Waals surface area contributed by atoms with Crippen LogP contribution in [0.3, 0.4) is 0 Å². The lowest BCUT2D eigenvalue weighted by Crippen LogP contribution is -2.71. The quantitative estimate of drug-likeness (QED) is 0.0199. The molecule has 8 fully saturated rings. The third kappa shape index (κ3) is 35.1. The summed E-state index contributed by atoms with van der Waals surface area (Å²) in [6.45, 7) is -1.58. The highest BCUT2D eigenvalue weighted by atomic mass is 16.8. The predicted molar refractivity (Wildman–Crippen MR) is 480 cm³/mol. The van der Waals surface area contributed by atoms with Crippen LogP contribution in [0.15, 0.2) is 12.2 Å². The Morgan fingerprint density at radius 3 is 0.928 bits per heavy atom. The molecule has 0 aromatic carbocycles. The first-order valence-corrected chi connectivity index (χ1v) is 50.0. The van der Waals surface area contributed by atoms with Gasteiger partial charge < -0.3 is 215 Å². The van der Waals surface area contributed by atoms with Crippen molar-refractivity contribution in [2.45, 2.75) is 485 Å². The van der Waals surface area contributed by atoms with Crippen molar-refractivity contribution in [3.63, 3.8) is 0 Å². The van der Waals surface area contributed by atoms with Crippen LogP contribution in [0, 0.1) is 0 Å². The van der Waals surface area contributed by atoms with E-state index in [9.17, 15) is 137 Å². The summed E-state index contributed by atoms with van der Waals surface area (Å²) in [5.74, 6) is -3.15. The van der Waals surface area contributed by atoms with Gasteiger partial charge in [-0.05, 0) is 19.3 Å². The molecule has 0 aromatic heterocycles. The van der Waals surface area contributed by atoms with Crippen molar-refractivity contribution in [2.24, 2.45) is 0 Å². The molecule has 8 heterocycles. The minimum absolute atomic E-state index is 0.141. The summed E-state index contributed by atoms with van der Waals surface area (Å²) >= 11 is 0. The second-order valence-electron chi connectivity index (χ2n) is 37.8. The number of nitrogens with one attached hydrogen (secondary N) is 4. The number of unbranched alkanes of at least 4 members (excludes halogenated alkanes) is 27. The van der Waals surface area contributed by atoms with E-state index in [0.717, 1.165) is 78.6 Å². The molecule has 4 amide bonds. The molecule has 0 bridgehead atoms. The Morgan fingerprint density at radius 1 is 0.288 bits per heavy atom. The van der Waals surface area contributed by atoms with Gasteiger partial charge in [-0.2, -0.15) is 0 Å². The number of carbonyl (C=O) groups excluding carboxylic acids is 4. The molecule has 8 aliphatic heterocycles. The first kappa shape index (κ1) is 120. The van der Waals surface area contributed by atoms with Crippen LogP contribution in [0.5, 0.6) is 0 Å². The molecular weight excluding hydrogens is 1850 g/mol. The number of hydrogen-bond donors (Lipinski definition) is 27. The lowest BCUT2D eigenvalue weighted by molar-refractivity contribution is -0.389. The van der Waals surface area contributed by atoms with Gasteiger partial charge in [0.25, 0.3) is 0 Å². The van der Waals surface area contributed by atoms with Crippen LogP contribution < -0.4 is 21.3 Å². The van der Waals surface area contributed by atoms with Crippen LogP contribution in [0.1, 0.15) is 227 Å². The number of aliphatic hydroxyl groups excluding tert-OH is 23. The Labute approximate surface area is 810 Å². The van der Waals surface area contributed by atoms with Gasteiger partial charge in [-0.3, -0.25) is 19.2 Å². The highest BCUT2D eigenvalue weighted by Crippen LogP contribution is 2.40. The average Bonchev–Trinajstić information content (AvgIpc) is 0.759. The summed E-state index contributed by atoms with van der Waals surface area (Å²) in [4.78, 5) is 53.0. The lowest BCUT2D eigenvalue weighted by atomic mass is 9.93. The first-order chi connectivity index (χ1) is 66.6. The number of amides is 4. The molecule has 47 nitrogen and oxygen atoms in total. The summed E-state index contributed by atoms with van der Waals surface area (Å²) in [5.41, 5.74) is 0. The van der Waals surface area contributed by atoms with Gasteiger partial charge in [-0.15, -0.1) is 0 Å². The second-order valence-corrected chi connectivity index (χ2v) is 37.8. The molecule has 42 atom stereocenters. The van der Waals surface area contributed by atoms with Gasteiger partial charge in [0.2, 0.25) is 23.6 Å². The molecule has 8 saturated heterocycles. The molecular formula is C92H164N4O43. The molecule has 0 radical (unpaired) electrons. The Balaban J connectivity index is 0.976. The van der Waals surface area contributed by atoms with Gasteiger partial charge in [0.1, 0.15) is 195 Å². The van der Waals surface area contributed by atoms with E-state index in [4.69, 9.17) is 75.8 Å². The van der Waals surface area contributed by atoms with Crippen molar-refractivity contribution in [2.75, 3.05) is 59.5 Å². The molecule has 8 aliphatic rings. The topological polar surface area (TPSA) is 729 Å². The maximum Gasteiger partial charge on any atom is 0.220 e. The SMILES string of the molecule is CCCCCCCCCCCCC/C=C/[C@@H](O)[C@H](CO[C@@H]1OC(CO)[C@@H](O[C@@H]2OC(CO)[C@H](O)[C@H](O[C@@H]3OC(CO)[C@@H](O[C@@H]4OC(CO[C@@H]5OC(CO)[C@@H](O[C@@H]6OC(CO)[C@H](O)[C@H](O)C6O)[C@H](O)C5NC(C)=O)[C@H](O)[C@H](O[C@@H]5OC(CO)[C@@H](O[C@@H]6OC(CO)[C@H](O)[C@H](O)C6O)[C@H](O)C5NC(C)=O)C4O)[C@H](O)C3NC(C)=O)C2O)[C@H](O)C1O)NC(=O)CCCCCCCCCCCCCCCCCCC. The second kappa shape index (κ2) is 62.4. The normalized spacial score (nSPS) is 38.9. The van der Waals surface area contributed by atoms with Crippen LogP contribution in [-0.4, -0.2) is 458 Å². The maximum atomic E-state index is 13.7. The maximum absolute atomic E-state index is 13.7. The number of carbonyl (C=O) groups is 4. The van der Waals surface area contributed by atoms with Crippen molar-refractivity contribution in [1.29, 1.82) is 0 Å². The molecule has 27 N–H and O–H groups in total. The summed E-state index contributed by atoms with van der Waals surface area (Å²) in [6.07, 6.45) is -39.6. The largest absolute Gasteiger partial charge is 0.394 e. The summed E-state index contributed by atoms with van der Waals surface area (Å²) < 4.78 is 95.8. The van der Waals surface area contributed by atoms with Crippen molar-refractivity contribution in [1.82, 2.24) is 21.3 Å². The van der Waals surface area contributed by atoms with Gasteiger partial charge in [-0.1, -0.05) is 193 Å². The van der Waals surface area contributed by atoms with E-state index in [-0.39, 0.29) is 12.3 Å². The van der Waals surface area contributed by atoms with E-state index >= 15 is 0 Å². The Kier molecular flexibility index (Phi) is 54.0. The predicted octanol–water partition coefficient (Wildman–Crippen LogP) is -5.85. The van der Waals surface area contributed by atoms with Crippen LogP contribution in [0.25, 0.3) is 0 Å². The third-order valence-electron chi connectivity index (χ3n) is 26.8. The first-order valence-electron chi connectivity index (χ1n) is 50.0. The van der Waals surface area contributed by atoms with Gasteiger partial charge in [0, 0.05) is 27.2 Å². The molecule has 139 heavy (non-hydrogen) atoms. The Morgan fingerprint density at radius 2 is 0.568 bits per heavy atom. The average molecular weight is 2010 g/mol.